The molecular formula is C24H28N2O5. The van der Waals surface area contributed by atoms with Crippen LogP contribution in [0.1, 0.15) is 21.8 Å². The first kappa shape index (κ1) is 21.2. The molecule has 0 aliphatic carbocycles. The summed E-state index contributed by atoms with van der Waals surface area (Å²) in [6.45, 7) is 3.08. The molecule has 7 nitrogen and oxygen atoms in total. The van der Waals surface area contributed by atoms with Crippen molar-refractivity contribution in [2.24, 2.45) is 5.92 Å². The zero-order valence-electron chi connectivity index (χ0n) is 18.0. The van der Waals surface area contributed by atoms with Crippen LogP contribution in [0, 0.1) is 5.92 Å². The maximum absolute atomic E-state index is 13.5. The molecule has 0 saturated carbocycles. The predicted molar refractivity (Wildman–Crippen MR) is 116 cm³/mol. The molecule has 2 saturated heterocycles. The van der Waals surface area contributed by atoms with E-state index in [0.717, 1.165) is 11.3 Å². The summed E-state index contributed by atoms with van der Waals surface area (Å²) in [5, 5.41) is 0. The summed E-state index contributed by atoms with van der Waals surface area (Å²) in [6.07, 6.45) is 0. The van der Waals surface area contributed by atoms with E-state index in [1.807, 2.05) is 35.2 Å². The molecule has 0 radical (unpaired) electrons. The third-order valence-electron chi connectivity index (χ3n) is 6.10. The SMILES string of the molecule is COc1cccc(C(=O)N2C[C@H](c3ccccc3OC)[C@H](C(=O)N3CCOCC3)C2)c1. The van der Waals surface area contributed by atoms with Gasteiger partial charge in [0.25, 0.3) is 5.91 Å². The zero-order valence-corrected chi connectivity index (χ0v) is 18.0. The monoisotopic (exact) mass is 424 g/mol. The van der Waals surface area contributed by atoms with Crippen molar-refractivity contribution in [3.8, 4) is 11.5 Å². The van der Waals surface area contributed by atoms with Crippen molar-refractivity contribution in [3.63, 3.8) is 0 Å². The molecular weight excluding hydrogens is 396 g/mol. The number of carbonyl (C=O) groups excluding carboxylic acids is 2. The Morgan fingerprint density at radius 2 is 1.71 bits per heavy atom. The van der Waals surface area contributed by atoms with E-state index in [0.29, 0.717) is 50.7 Å². The maximum Gasteiger partial charge on any atom is 0.254 e. The molecule has 0 N–H and O–H groups in total. The highest BCUT2D eigenvalue weighted by atomic mass is 16.5. The van der Waals surface area contributed by atoms with Gasteiger partial charge in [-0.25, -0.2) is 0 Å². The van der Waals surface area contributed by atoms with Crippen molar-refractivity contribution in [1.29, 1.82) is 0 Å². The number of morpholine rings is 1. The summed E-state index contributed by atoms with van der Waals surface area (Å²) in [6, 6.07) is 14.9. The van der Waals surface area contributed by atoms with Gasteiger partial charge in [0.15, 0.2) is 0 Å². The van der Waals surface area contributed by atoms with Gasteiger partial charge in [-0.1, -0.05) is 24.3 Å². The number of amides is 2. The lowest BCUT2D eigenvalue weighted by atomic mass is 9.87. The second-order valence-electron chi connectivity index (χ2n) is 7.83. The third kappa shape index (κ3) is 4.37. The summed E-state index contributed by atoms with van der Waals surface area (Å²) in [5.41, 5.74) is 1.51. The molecule has 2 aliphatic rings. The first-order valence-electron chi connectivity index (χ1n) is 10.5. The Labute approximate surface area is 182 Å². The van der Waals surface area contributed by atoms with Gasteiger partial charge in [-0.2, -0.15) is 0 Å². The van der Waals surface area contributed by atoms with Crippen molar-refractivity contribution in [2.45, 2.75) is 5.92 Å². The van der Waals surface area contributed by atoms with Crippen LogP contribution in [0.15, 0.2) is 48.5 Å². The van der Waals surface area contributed by atoms with E-state index in [1.54, 1.807) is 37.3 Å². The number of methoxy groups -OCH3 is 2. The molecule has 0 unspecified atom stereocenters. The quantitative estimate of drug-likeness (QED) is 0.738. The van der Waals surface area contributed by atoms with Crippen molar-refractivity contribution in [3.05, 3.63) is 59.7 Å². The minimum absolute atomic E-state index is 0.0696. The molecule has 2 atom stereocenters. The van der Waals surface area contributed by atoms with Crippen molar-refractivity contribution >= 4 is 11.8 Å². The lowest BCUT2D eigenvalue weighted by Crippen LogP contribution is -2.45. The Kier molecular flexibility index (Phi) is 6.42. The average molecular weight is 424 g/mol. The van der Waals surface area contributed by atoms with Crippen LogP contribution in [0.4, 0.5) is 0 Å². The van der Waals surface area contributed by atoms with Crippen LogP contribution in [-0.4, -0.2) is 75.2 Å². The second kappa shape index (κ2) is 9.39. The smallest absolute Gasteiger partial charge is 0.254 e. The topological polar surface area (TPSA) is 68.3 Å². The molecule has 0 aromatic heterocycles. The third-order valence-corrected chi connectivity index (χ3v) is 6.10. The largest absolute Gasteiger partial charge is 0.497 e. The number of likely N-dealkylation sites (tertiary alicyclic amines) is 1. The maximum atomic E-state index is 13.5. The summed E-state index contributed by atoms with van der Waals surface area (Å²) < 4.78 is 16.3. The van der Waals surface area contributed by atoms with E-state index in [9.17, 15) is 9.59 Å². The van der Waals surface area contributed by atoms with E-state index < -0.39 is 0 Å². The van der Waals surface area contributed by atoms with Crippen molar-refractivity contribution < 1.29 is 23.8 Å². The van der Waals surface area contributed by atoms with Gasteiger partial charge in [-0.3, -0.25) is 9.59 Å². The molecule has 7 heteroatoms. The first-order chi connectivity index (χ1) is 15.1. The number of carbonyl (C=O) groups is 2. The van der Waals surface area contributed by atoms with Gasteiger partial charge in [0.05, 0.1) is 33.4 Å². The highest BCUT2D eigenvalue weighted by molar-refractivity contribution is 5.95. The van der Waals surface area contributed by atoms with E-state index in [2.05, 4.69) is 0 Å². The van der Waals surface area contributed by atoms with Gasteiger partial charge in [-0.05, 0) is 29.8 Å². The summed E-state index contributed by atoms with van der Waals surface area (Å²) in [5.74, 6) is 0.872. The molecule has 2 heterocycles. The Bertz CT molecular complexity index is 941. The molecule has 2 aromatic rings. The van der Waals surface area contributed by atoms with Crippen molar-refractivity contribution in [1.82, 2.24) is 9.80 Å². The van der Waals surface area contributed by atoms with Gasteiger partial charge >= 0.3 is 0 Å². The highest BCUT2D eigenvalue weighted by Crippen LogP contribution is 2.39. The fourth-order valence-electron chi connectivity index (χ4n) is 4.46. The average Bonchev–Trinajstić information content (AvgIpc) is 3.28. The second-order valence-corrected chi connectivity index (χ2v) is 7.83. The van der Waals surface area contributed by atoms with Gasteiger partial charge in [0, 0.05) is 37.7 Å². The Morgan fingerprint density at radius 1 is 0.935 bits per heavy atom. The molecule has 0 spiro atoms. The van der Waals surface area contributed by atoms with E-state index in [-0.39, 0.29) is 23.7 Å². The van der Waals surface area contributed by atoms with Crippen LogP contribution in [-0.2, 0) is 9.53 Å². The van der Waals surface area contributed by atoms with Gasteiger partial charge in [0.1, 0.15) is 11.5 Å². The fourth-order valence-corrected chi connectivity index (χ4v) is 4.46. The molecule has 4 rings (SSSR count). The van der Waals surface area contributed by atoms with Crippen LogP contribution in [0.5, 0.6) is 11.5 Å². The number of hydrogen-bond acceptors (Lipinski definition) is 5. The molecule has 2 aliphatic heterocycles. The molecule has 2 fully saturated rings. The number of hydrogen-bond donors (Lipinski definition) is 0. The number of ether oxygens (including phenoxy) is 3. The highest BCUT2D eigenvalue weighted by Gasteiger charge is 2.43. The molecule has 2 amide bonds. The van der Waals surface area contributed by atoms with E-state index in [4.69, 9.17) is 14.2 Å². The van der Waals surface area contributed by atoms with E-state index >= 15 is 0 Å². The minimum Gasteiger partial charge on any atom is -0.497 e. The minimum atomic E-state index is -0.330. The number of benzene rings is 2. The fraction of sp³-hybridized carbons (Fsp3) is 0.417. The van der Waals surface area contributed by atoms with Crippen LogP contribution in [0.2, 0.25) is 0 Å². The van der Waals surface area contributed by atoms with Crippen LogP contribution in [0.3, 0.4) is 0 Å². The first-order valence-corrected chi connectivity index (χ1v) is 10.5. The van der Waals surface area contributed by atoms with Crippen molar-refractivity contribution in [2.75, 3.05) is 53.6 Å². The summed E-state index contributed by atoms with van der Waals surface area (Å²) in [4.78, 5) is 30.4. The standard InChI is InChI=1S/C24H28N2O5/c1-29-18-7-5-6-17(14-18)23(27)26-15-20(19-8-3-4-9-22(19)30-2)21(16-26)24(28)25-10-12-31-13-11-25/h3-9,14,20-21H,10-13,15-16H2,1-2H3/t20-,21-/m1/s1. The molecule has 2 aromatic carbocycles. The zero-order chi connectivity index (χ0) is 21.8. The van der Waals surface area contributed by atoms with Gasteiger partial charge < -0.3 is 24.0 Å². The Morgan fingerprint density at radius 3 is 2.45 bits per heavy atom. The number of nitrogens with zero attached hydrogens (tertiary/aromatic N) is 2. The summed E-state index contributed by atoms with van der Waals surface area (Å²) in [7, 11) is 3.21. The van der Waals surface area contributed by atoms with E-state index in [1.165, 1.54) is 0 Å². The molecule has 31 heavy (non-hydrogen) atoms. The number of para-hydroxylation sites is 1. The Balaban J connectivity index is 1.64. The van der Waals surface area contributed by atoms with Gasteiger partial charge in [0.2, 0.25) is 5.91 Å². The normalized spacial score (nSPS) is 21.1. The molecule has 0 bridgehead atoms. The molecule has 164 valence electrons. The van der Waals surface area contributed by atoms with Crippen LogP contribution < -0.4 is 9.47 Å². The van der Waals surface area contributed by atoms with Crippen LogP contribution >= 0.6 is 0 Å². The Hall–Kier alpha value is -3.06. The predicted octanol–water partition coefficient (Wildman–Crippen LogP) is 2.42. The number of rotatable bonds is 5. The van der Waals surface area contributed by atoms with Crippen LogP contribution in [0.25, 0.3) is 0 Å². The van der Waals surface area contributed by atoms with Gasteiger partial charge in [-0.15, -0.1) is 0 Å². The lowest BCUT2D eigenvalue weighted by Gasteiger charge is -2.31. The lowest BCUT2D eigenvalue weighted by molar-refractivity contribution is -0.139. The summed E-state index contributed by atoms with van der Waals surface area (Å²) >= 11 is 0.